The largest absolute Gasteiger partial charge is 0.434 e. The van der Waals surface area contributed by atoms with Crippen LogP contribution in [0, 0.1) is 17.0 Å². The molecule has 174 valence electrons. The molecule has 9 heteroatoms. The molecule has 0 unspecified atom stereocenters. The molecule has 9 nitrogen and oxygen atoms in total. The first-order valence-corrected chi connectivity index (χ1v) is 10.8. The van der Waals surface area contributed by atoms with Gasteiger partial charge in [-0.15, -0.1) is 0 Å². The zero-order valence-electron chi connectivity index (χ0n) is 18.6. The SMILES string of the molecule is Cc1nc2ccc(Cc3ccc4c(c3)C(=O)O[C@H](/C=C/c3ccc([N+](=O)[O-])cc3)N4)cc2c(=O)o1. The van der Waals surface area contributed by atoms with Crippen LogP contribution in [0.3, 0.4) is 0 Å². The number of cyclic esters (lactones) is 1. The number of non-ortho nitro benzene ring substituents is 1. The highest BCUT2D eigenvalue weighted by molar-refractivity contribution is 5.97. The second kappa shape index (κ2) is 8.86. The Kier molecular flexibility index (Phi) is 5.58. The number of ether oxygens (including phenoxy) is 1. The van der Waals surface area contributed by atoms with Crippen molar-refractivity contribution in [1.82, 2.24) is 4.98 Å². The van der Waals surface area contributed by atoms with E-state index in [9.17, 15) is 19.7 Å². The standard InChI is InChI=1S/C26H19N3O6/c1-15-27-22-9-4-17(13-20(22)25(30)34-15)12-18-5-10-23-21(14-18)26(31)35-24(28-23)11-6-16-2-7-19(8-3-16)29(32)33/h2-11,13-14,24,28H,12H2,1H3/b11-6+/t24-/m1/s1. The zero-order chi connectivity index (χ0) is 24.5. The highest BCUT2D eigenvalue weighted by Crippen LogP contribution is 2.27. The van der Waals surface area contributed by atoms with E-state index in [0.29, 0.717) is 34.5 Å². The maximum atomic E-state index is 12.6. The van der Waals surface area contributed by atoms with Gasteiger partial charge in [-0.2, -0.15) is 0 Å². The predicted molar refractivity (Wildman–Crippen MR) is 129 cm³/mol. The number of benzene rings is 3. The van der Waals surface area contributed by atoms with Crippen LogP contribution in [0.15, 0.2) is 76.0 Å². The van der Waals surface area contributed by atoms with Crippen LogP contribution >= 0.6 is 0 Å². The Morgan fingerprint density at radius 3 is 2.57 bits per heavy atom. The average Bonchev–Trinajstić information content (AvgIpc) is 2.84. The van der Waals surface area contributed by atoms with E-state index >= 15 is 0 Å². The van der Waals surface area contributed by atoms with Crippen molar-refractivity contribution in [2.45, 2.75) is 19.6 Å². The van der Waals surface area contributed by atoms with Gasteiger partial charge in [-0.05, 0) is 65.6 Å². The number of nitro groups is 1. The number of nitrogens with one attached hydrogen (secondary N) is 1. The molecule has 0 saturated carbocycles. The van der Waals surface area contributed by atoms with Crippen LogP contribution in [0.2, 0.25) is 0 Å². The molecule has 0 spiro atoms. The lowest BCUT2D eigenvalue weighted by Crippen LogP contribution is -2.30. The minimum absolute atomic E-state index is 0.00743. The van der Waals surface area contributed by atoms with Gasteiger partial charge in [-0.25, -0.2) is 14.6 Å². The molecular weight excluding hydrogens is 450 g/mol. The van der Waals surface area contributed by atoms with Gasteiger partial charge in [0.25, 0.3) is 5.69 Å². The van der Waals surface area contributed by atoms with E-state index in [-0.39, 0.29) is 5.69 Å². The number of carbonyl (C=O) groups is 1. The number of esters is 1. The highest BCUT2D eigenvalue weighted by atomic mass is 16.6. The summed E-state index contributed by atoms with van der Waals surface area (Å²) < 4.78 is 10.6. The molecule has 1 N–H and O–H groups in total. The summed E-state index contributed by atoms with van der Waals surface area (Å²) in [6.07, 6.45) is 3.23. The summed E-state index contributed by atoms with van der Waals surface area (Å²) in [7, 11) is 0. The van der Waals surface area contributed by atoms with Crippen LogP contribution in [0.4, 0.5) is 11.4 Å². The Hall–Kier alpha value is -4.79. The van der Waals surface area contributed by atoms with E-state index < -0.39 is 22.7 Å². The third-order valence-corrected chi connectivity index (χ3v) is 5.61. The molecule has 5 rings (SSSR count). The molecule has 1 aliphatic heterocycles. The summed E-state index contributed by atoms with van der Waals surface area (Å²) in [6, 6.07) is 17.0. The van der Waals surface area contributed by atoms with Gasteiger partial charge < -0.3 is 14.5 Å². The van der Waals surface area contributed by atoms with Crippen molar-refractivity contribution in [2.24, 2.45) is 0 Å². The van der Waals surface area contributed by atoms with E-state index in [1.807, 2.05) is 18.2 Å². The second-order valence-corrected chi connectivity index (χ2v) is 8.11. The Balaban J connectivity index is 1.32. The molecule has 1 atom stereocenters. The summed E-state index contributed by atoms with van der Waals surface area (Å²) in [6.45, 7) is 1.63. The number of hydrogen-bond acceptors (Lipinski definition) is 8. The molecule has 0 saturated heterocycles. The Morgan fingerprint density at radius 1 is 1.06 bits per heavy atom. The zero-order valence-corrected chi connectivity index (χ0v) is 18.6. The molecule has 0 bridgehead atoms. The van der Waals surface area contributed by atoms with Crippen molar-refractivity contribution in [3.8, 4) is 0 Å². The third-order valence-electron chi connectivity index (χ3n) is 5.61. The number of fused-ring (bicyclic) bond motifs is 2. The highest BCUT2D eigenvalue weighted by Gasteiger charge is 2.24. The maximum absolute atomic E-state index is 12.6. The predicted octanol–water partition coefficient (Wildman–Crippen LogP) is 4.62. The summed E-state index contributed by atoms with van der Waals surface area (Å²) in [5, 5.41) is 14.3. The number of anilines is 1. The van der Waals surface area contributed by atoms with Crippen LogP contribution in [0.25, 0.3) is 17.0 Å². The minimum Gasteiger partial charge on any atom is -0.434 e. The lowest BCUT2D eigenvalue weighted by molar-refractivity contribution is -0.384. The van der Waals surface area contributed by atoms with E-state index in [1.54, 1.807) is 49.4 Å². The number of carbonyl (C=O) groups excluding carboxylic acids is 1. The summed E-state index contributed by atoms with van der Waals surface area (Å²) >= 11 is 0. The van der Waals surface area contributed by atoms with Crippen molar-refractivity contribution in [3.63, 3.8) is 0 Å². The van der Waals surface area contributed by atoms with E-state index in [2.05, 4.69) is 10.3 Å². The monoisotopic (exact) mass is 469 g/mol. The number of hydrogen-bond donors (Lipinski definition) is 1. The van der Waals surface area contributed by atoms with Crippen LogP contribution < -0.4 is 10.9 Å². The molecule has 3 aromatic carbocycles. The molecule has 1 aliphatic rings. The normalized spacial score (nSPS) is 15.0. The first-order valence-electron chi connectivity index (χ1n) is 10.8. The van der Waals surface area contributed by atoms with Crippen LogP contribution in [-0.4, -0.2) is 22.1 Å². The number of aromatic nitrogens is 1. The van der Waals surface area contributed by atoms with E-state index in [1.165, 1.54) is 12.1 Å². The molecule has 0 fully saturated rings. The van der Waals surface area contributed by atoms with Crippen molar-refractivity contribution in [1.29, 1.82) is 0 Å². The van der Waals surface area contributed by atoms with Gasteiger partial charge in [0.2, 0.25) is 0 Å². The molecule has 0 amide bonds. The molecule has 0 radical (unpaired) electrons. The summed E-state index contributed by atoms with van der Waals surface area (Å²) in [5.41, 5.74) is 3.72. The molecule has 4 aromatic rings. The van der Waals surface area contributed by atoms with Gasteiger partial charge in [-0.3, -0.25) is 10.1 Å². The molecular formula is C26H19N3O6. The smallest absolute Gasteiger partial charge is 0.346 e. The van der Waals surface area contributed by atoms with Crippen molar-refractivity contribution < 1.29 is 18.9 Å². The minimum atomic E-state index is -0.674. The quantitative estimate of drug-likeness (QED) is 0.255. The average molecular weight is 469 g/mol. The van der Waals surface area contributed by atoms with Gasteiger partial charge >= 0.3 is 11.6 Å². The number of nitro benzene ring substituents is 1. The molecule has 1 aromatic heterocycles. The van der Waals surface area contributed by atoms with Crippen LogP contribution in [0.5, 0.6) is 0 Å². The van der Waals surface area contributed by atoms with Crippen molar-refractivity contribution in [2.75, 3.05) is 5.32 Å². The van der Waals surface area contributed by atoms with Crippen LogP contribution in [0.1, 0.15) is 32.9 Å². The Labute approximate surface area is 198 Å². The second-order valence-electron chi connectivity index (χ2n) is 8.11. The van der Waals surface area contributed by atoms with Crippen LogP contribution in [-0.2, 0) is 11.2 Å². The molecule has 0 aliphatic carbocycles. The van der Waals surface area contributed by atoms with Crippen molar-refractivity contribution in [3.05, 3.63) is 115 Å². The van der Waals surface area contributed by atoms with E-state index in [4.69, 9.17) is 9.15 Å². The first-order chi connectivity index (χ1) is 16.9. The fourth-order valence-corrected chi connectivity index (χ4v) is 3.92. The summed E-state index contributed by atoms with van der Waals surface area (Å²) in [5.74, 6) is -0.144. The fraction of sp³-hybridized carbons (Fsp3) is 0.115. The van der Waals surface area contributed by atoms with Gasteiger partial charge in [0.05, 0.1) is 27.1 Å². The topological polar surface area (TPSA) is 125 Å². The molecule has 35 heavy (non-hydrogen) atoms. The van der Waals surface area contributed by atoms with Gasteiger partial charge in [-0.1, -0.05) is 18.2 Å². The number of rotatable bonds is 5. The number of aryl methyl sites for hydroxylation is 1. The Bertz CT molecular complexity index is 1560. The van der Waals surface area contributed by atoms with E-state index in [0.717, 1.165) is 16.7 Å². The van der Waals surface area contributed by atoms with Crippen molar-refractivity contribution >= 4 is 34.3 Å². The van der Waals surface area contributed by atoms with Gasteiger partial charge in [0.1, 0.15) is 0 Å². The lowest BCUT2D eigenvalue weighted by Gasteiger charge is -2.25. The maximum Gasteiger partial charge on any atom is 0.346 e. The van der Waals surface area contributed by atoms with Gasteiger partial charge in [0, 0.05) is 19.1 Å². The third kappa shape index (κ3) is 4.65. The number of nitrogens with zero attached hydrogens (tertiary/aromatic N) is 2. The fourth-order valence-electron chi connectivity index (χ4n) is 3.92. The lowest BCUT2D eigenvalue weighted by atomic mass is 10.00. The first kappa shape index (κ1) is 22.0. The van der Waals surface area contributed by atoms with Gasteiger partial charge in [0.15, 0.2) is 12.1 Å². The summed E-state index contributed by atoms with van der Waals surface area (Å²) in [4.78, 5) is 39.3. The molecule has 2 heterocycles. The Morgan fingerprint density at radius 2 is 1.80 bits per heavy atom.